The van der Waals surface area contributed by atoms with Gasteiger partial charge in [0, 0.05) is 0 Å². The van der Waals surface area contributed by atoms with Gasteiger partial charge in [0.25, 0.3) is 0 Å². The number of rotatable bonds is 2. The normalized spacial score (nSPS) is 11.7. The van der Waals surface area contributed by atoms with Gasteiger partial charge in [-0.15, -0.1) is 0 Å². The second kappa shape index (κ2) is 6.52. The maximum atomic E-state index is 14.6. The Labute approximate surface area is 167 Å². The standard InChI is InChI=1S/C25H13F5/c1-12-5-2-6-13(11-12)14-7-3-8-15-16-9-4-10-17(19(16)18(14)15)20-21(26)23(28)25(30)24(29)22(20)27/h2-11H,1H3. The van der Waals surface area contributed by atoms with Gasteiger partial charge in [-0.3, -0.25) is 0 Å². The fourth-order valence-electron chi connectivity index (χ4n) is 4.13. The van der Waals surface area contributed by atoms with Crippen LogP contribution in [-0.4, -0.2) is 0 Å². The highest BCUT2D eigenvalue weighted by Gasteiger charge is 2.28. The Balaban J connectivity index is 1.94. The fraction of sp³-hybridized carbons (Fsp3) is 0.0400. The van der Waals surface area contributed by atoms with E-state index in [1.165, 1.54) is 6.07 Å². The van der Waals surface area contributed by atoms with Crippen molar-refractivity contribution in [3.8, 4) is 22.3 Å². The third kappa shape index (κ3) is 2.45. The summed E-state index contributed by atoms with van der Waals surface area (Å²) in [6, 6.07) is 18.1. The molecule has 0 nitrogen and oxygen atoms in total. The molecule has 0 amide bonds. The molecule has 0 N–H and O–H groups in total. The summed E-state index contributed by atoms with van der Waals surface area (Å²) in [7, 11) is 0. The smallest absolute Gasteiger partial charge is 0.200 e. The second-order valence-corrected chi connectivity index (χ2v) is 7.27. The molecule has 1 aliphatic rings. The second-order valence-electron chi connectivity index (χ2n) is 7.27. The summed E-state index contributed by atoms with van der Waals surface area (Å²) in [5.74, 6) is -9.73. The van der Waals surface area contributed by atoms with Crippen LogP contribution >= 0.6 is 0 Å². The van der Waals surface area contributed by atoms with Gasteiger partial charge in [-0.2, -0.15) is 0 Å². The molecule has 5 heteroatoms. The van der Waals surface area contributed by atoms with Crippen molar-refractivity contribution in [1.82, 2.24) is 0 Å². The number of hydrogen-bond donors (Lipinski definition) is 0. The largest absolute Gasteiger partial charge is 0.203 e. The Bertz CT molecular complexity index is 1530. The minimum Gasteiger partial charge on any atom is -0.203 e. The molecule has 30 heavy (non-hydrogen) atoms. The molecule has 0 aliphatic heterocycles. The van der Waals surface area contributed by atoms with Gasteiger partial charge in [0.2, 0.25) is 5.82 Å². The lowest BCUT2D eigenvalue weighted by molar-refractivity contribution is 0.381. The quantitative estimate of drug-likeness (QED) is 0.169. The lowest BCUT2D eigenvalue weighted by atomic mass is 9.88. The van der Waals surface area contributed by atoms with Gasteiger partial charge >= 0.3 is 0 Å². The molecule has 148 valence electrons. The van der Waals surface area contributed by atoms with Gasteiger partial charge in [-0.25, -0.2) is 22.0 Å². The van der Waals surface area contributed by atoms with Gasteiger partial charge in [-0.05, 0) is 44.5 Å². The SMILES string of the molecule is Cc1cccc(-c2cccc3c2=c2c(-c4c(F)c(F)c(F)c(F)c4F)cccc2=3)c1. The van der Waals surface area contributed by atoms with E-state index in [4.69, 9.17) is 0 Å². The Morgan fingerprint density at radius 3 is 1.63 bits per heavy atom. The molecule has 4 aromatic rings. The average Bonchev–Trinajstić information content (AvgIpc) is 2.74. The molecule has 0 saturated heterocycles. The van der Waals surface area contributed by atoms with E-state index in [1.54, 1.807) is 12.1 Å². The van der Waals surface area contributed by atoms with E-state index in [1.807, 2.05) is 49.4 Å². The van der Waals surface area contributed by atoms with Gasteiger partial charge < -0.3 is 0 Å². The molecule has 0 spiro atoms. The van der Waals surface area contributed by atoms with Gasteiger partial charge in [0.05, 0.1) is 5.56 Å². The molecule has 0 unspecified atom stereocenters. The molecule has 0 heterocycles. The molecule has 0 radical (unpaired) electrons. The Kier molecular flexibility index (Phi) is 4.03. The van der Waals surface area contributed by atoms with Crippen LogP contribution in [0.1, 0.15) is 5.56 Å². The summed E-state index contributed by atoms with van der Waals surface area (Å²) >= 11 is 0. The van der Waals surface area contributed by atoms with Gasteiger partial charge in [0.1, 0.15) is 0 Å². The summed E-state index contributed by atoms with van der Waals surface area (Å²) in [6.45, 7) is 1.95. The number of benzene rings is 4. The van der Waals surface area contributed by atoms with Crippen LogP contribution in [0, 0.1) is 56.9 Å². The highest BCUT2D eigenvalue weighted by atomic mass is 19.2. The monoisotopic (exact) mass is 408 g/mol. The predicted octanol–water partition coefficient (Wildman–Crippen LogP) is 6.91. The minimum absolute atomic E-state index is 0.0205. The van der Waals surface area contributed by atoms with Crippen molar-refractivity contribution in [2.24, 2.45) is 0 Å². The summed E-state index contributed by atoms with van der Waals surface area (Å²) in [5, 5.41) is 2.79. The van der Waals surface area contributed by atoms with Crippen LogP contribution in [0.15, 0.2) is 60.7 Å². The third-order valence-electron chi connectivity index (χ3n) is 5.48. The van der Waals surface area contributed by atoms with E-state index < -0.39 is 34.6 Å². The van der Waals surface area contributed by atoms with Crippen LogP contribution < -0.4 is 0 Å². The molecule has 4 aromatic carbocycles. The Hall–Kier alpha value is -3.47. The first-order valence-corrected chi connectivity index (χ1v) is 9.25. The molecule has 0 atom stereocenters. The highest BCUT2D eigenvalue weighted by Crippen LogP contribution is 2.36. The van der Waals surface area contributed by atoms with E-state index in [0.717, 1.165) is 27.1 Å². The summed E-state index contributed by atoms with van der Waals surface area (Å²) in [6.07, 6.45) is 0. The zero-order valence-corrected chi connectivity index (χ0v) is 15.7. The number of aryl methyl sites for hydroxylation is 1. The number of hydrogen-bond acceptors (Lipinski definition) is 0. The molecular weight excluding hydrogens is 395 g/mol. The fourth-order valence-corrected chi connectivity index (χ4v) is 4.13. The van der Waals surface area contributed by atoms with E-state index in [9.17, 15) is 22.0 Å². The van der Waals surface area contributed by atoms with Crippen LogP contribution in [0.4, 0.5) is 22.0 Å². The predicted molar refractivity (Wildman–Crippen MR) is 104 cm³/mol. The van der Waals surface area contributed by atoms with Crippen molar-refractivity contribution < 1.29 is 22.0 Å². The van der Waals surface area contributed by atoms with Crippen molar-refractivity contribution in [3.05, 3.63) is 116 Å². The van der Waals surface area contributed by atoms with Crippen LogP contribution in [-0.2, 0) is 0 Å². The van der Waals surface area contributed by atoms with Crippen molar-refractivity contribution >= 4 is 0 Å². The van der Waals surface area contributed by atoms with Crippen LogP contribution in [0.2, 0.25) is 0 Å². The molecular formula is C25H13F5. The molecule has 5 rings (SSSR count). The van der Waals surface area contributed by atoms with Crippen LogP contribution in [0.5, 0.6) is 0 Å². The summed E-state index contributed by atoms with van der Waals surface area (Å²) in [5.41, 5.74) is 1.85. The first kappa shape index (κ1) is 18.6. The van der Waals surface area contributed by atoms with E-state index in [2.05, 4.69) is 0 Å². The number of halogens is 5. The first-order chi connectivity index (χ1) is 14.4. The topological polar surface area (TPSA) is 0 Å². The first-order valence-electron chi connectivity index (χ1n) is 9.25. The maximum absolute atomic E-state index is 14.6. The maximum Gasteiger partial charge on any atom is 0.200 e. The molecule has 1 aliphatic carbocycles. The van der Waals surface area contributed by atoms with E-state index >= 15 is 0 Å². The molecule has 0 bridgehead atoms. The zero-order valence-electron chi connectivity index (χ0n) is 15.7. The molecule has 0 fully saturated rings. The molecule has 0 aromatic heterocycles. The minimum atomic E-state index is -2.16. The average molecular weight is 408 g/mol. The molecule has 0 saturated carbocycles. The summed E-state index contributed by atoms with van der Waals surface area (Å²) in [4.78, 5) is 0. The third-order valence-corrected chi connectivity index (χ3v) is 5.48. The van der Waals surface area contributed by atoms with Crippen LogP contribution in [0.3, 0.4) is 0 Å². The van der Waals surface area contributed by atoms with Gasteiger partial charge in [0.15, 0.2) is 23.3 Å². The van der Waals surface area contributed by atoms with Crippen molar-refractivity contribution in [1.29, 1.82) is 0 Å². The van der Waals surface area contributed by atoms with Crippen LogP contribution in [0.25, 0.3) is 22.3 Å². The van der Waals surface area contributed by atoms with Gasteiger partial charge in [-0.1, -0.05) is 66.2 Å². The Morgan fingerprint density at radius 1 is 0.533 bits per heavy atom. The lowest BCUT2D eigenvalue weighted by Crippen LogP contribution is -2.06. The highest BCUT2D eigenvalue weighted by molar-refractivity contribution is 5.72. The number of fused-ring (bicyclic) bond motifs is 2. The van der Waals surface area contributed by atoms with Crippen molar-refractivity contribution in [2.45, 2.75) is 6.92 Å². The summed E-state index contributed by atoms with van der Waals surface area (Å²) < 4.78 is 70.4. The van der Waals surface area contributed by atoms with E-state index in [0.29, 0.717) is 10.4 Å². The lowest BCUT2D eigenvalue weighted by Gasteiger charge is -2.16. The zero-order chi connectivity index (χ0) is 21.2. The van der Waals surface area contributed by atoms with E-state index in [-0.39, 0.29) is 5.56 Å². The Morgan fingerprint density at radius 2 is 1.03 bits per heavy atom. The van der Waals surface area contributed by atoms with Crippen molar-refractivity contribution in [2.75, 3.05) is 0 Å². The van der Waals surface area contributed by atoms with Crippen molar-refractivity contribution in [3.63, 3.8) is 0 Å².